The highest BCUT2D eigenvalue weighted by molar-refractivity contribution is 7.98. The summed E-state index contributed by atoms with van der Waals surface area (Å²) in [6.45, 7) is 0. The van der Waals surface area contributed by atoms with Crippen LogP contribution in [0.3, 0.4) is 0 Å². The zero-order valence-corrected chi connectivity index (χ0v) is 9.84. The van der Waals surface area contributed by atoms with Gasteiger partial charge in [0.05, 0.1) is 0 Å². The molecule has 0 bridgehead atoms. The van der Waals surface area contributed by atoms with Gasteiger partial charge in [0.15, 0.2) is 5.16 Å². The van der Waals surface area contributed by atoms with E-state index in [0.29, 0.717) is 10.6 Å². The molecular weight excluding hydrogens is 235 g/mol. The number of benzene rings is 1. The molecule has 0 aliphatic heterocycles. The monoisotopic (exact) mass is 246 g/mol. The number of hydrogen-bond acceptors (Lipinski definition) is 5. The fraction of sp³-hybridized carbons (Fsp3) is 0.0909. The predicted octanol–water partition coefficient (Wildman–Crippen LogP) is 0.449. The Morgan fingerprint density at radius 2 is 1.71 bits per heavy atom. The second-order valence-electron chi connectivity index (χ2n) is 3.45. The fourth-order valence-electron chi connectivity index (χ4n) is 1.26. The number of rotatable bonds is 4. The molecule has 0 aliphatic carbocycles. The van der Waals surface area contributed by atoms with E-state index in [4.69, 9.17) is 10.0 Å². The maximum atomic E-state index is 8.89. The molecule has 2 N–H and O–H groups in total. The van der Waals surface area contributed by atoms with Crippen LogP contribution in [0.1, 0.15) is 5.56 Å². The summed E-state index contributed by atoms with van der Waals surface area (Å²) < 4.78 is 0. The molecule has 0 unspecified atom stereocenters. The SMILES string of the molecule is OB(O)c1cnc(SCc2ccccc2)nc1. The van der Waals surface area contributed by atoms with Gasteiger partial charge in [-0.2, -0.15) is 0 Å². The molecule has 0 radical (unpaired) electrons. The lowest BCUT2D eigenvalue weighted by molar-refractivity contribution is 0.425. The van der Waals surface area contributed by atoms with Crippen LogP contribution in [0.15, 0.2) is 47.9 Å². The van der Waals surface area contributed by atoms with Crippen molar-refractivity contribution in [3.8, 4) is 0 Å². The Hall–Kier alpha value is -1.37. The van der Waals surface area contributed by atoms with Gasteiger partial charge in [0.2, 0.25) is 0 Å². The van der Waals surface area contributed by atoms with Gasteiger partial charge in [0.1, 0.15) is 0 Å². The van der Waals surface area contributed by atoms with Gasteiger partial charge >= 0.3 is 7.12 Å². The minimum Gasteiger partial charge on any atom is -0.423 e. The summed E-state index contributed by atoms with van der Waals surface area (Å²) in [4.78, 5) is 8.09. The van der Waals surface area contributed by atoms with Gasteiger partial charge in [-0.25, -0.2) is 9.97 Å². The lowest BCUT2D eigenvalue weighted by Gasteiger charge is -2.01. The average molecular weight is 246 g/mol. The molecular formula is C11H11BN2O2S. The summed E-state index contributed by atoms with van der Waals surface area (Å²) in [5.41, 5.74) is 1.50. The maximum Gasteiger partial charge on any atom is 0.491 e. The van der Waals surface area contributed by atoms with Gasteiger partial charge in [-0.15, -0.1) is 0 Å². The number of hydrogen-bond donors (Lipinski definition) is 2. The van der Waals surface area contributed by atoms with Crippen molar-refractivity contribution in [3.63, 3.8) is 0 Å². The van der Waals surface area contributed by atoms with Crippen molar-refractivity contribution < 1.29 is 10.0 Å². The van der Waals surface area contributed by atoms with Crippen molar-refractivity contribution in [2.45, 2.75) is 10.9 Å². The summed E-state index contributed by atoms with van der Waals surface area (Å²) in [5.74, 6) is 0.794. The topological polar surface area (TPSA) is 66.2 Å². The van der Waals surface area contributed by atoms with E-state index < -0.39 is 7.12 Å². The third-order valence-electron chi connectivity index (χ3n) is 2.16. The van der Waals surface area contributed by atoms with E-state index >= 15 is 0 Å². The van der Waals surface area contributed by atoms with Crippen LogP contribution in [-0.2, 0) is 5.75 Å². The Kier molecular flexibility index (Phi) is 4.14. The van der Waals surface area contributed by atoms with Crippen molar-refractivity contribution in [3.05, 3.63) is 48.3 Å². The van der Waals surface area contributed by atoms with Crippen LogP contribution < -0.4 is 5.46 Å². The first-order chi connectivity index (χ1) is 8.25. The minimum atomic E-state index is -1.51. The van der Waals surface area contributed by atoms with E-state index in [2.05, 4.69) is 9.97 Å². The molecule has 0 atom stereocenters. The first kappa shape index (κ1) is 12.1. The molecule has 17 heavy (non-hydrogen) atoms. The molecule has 6 heteroatoms. The Bertz CT molecular complexity index is 465. The molecule has 2 rings (SSSR count). The van der Waals surface area contributed by atoms with Crippen molar-refractivity contribution in [2.75, 3.05) is 0 Å². The van der Waals surface area contributed by atoms with Gasteiger partial charge in [0, 0.05) is 23.6 Å². The van der Waals surface area contributed by atoms with E-state index in [1.807, 2.05) is 30.3 Å². The molecule has 1 heterocycles. The highest BCUT2D eigenvalue weighted by atomic mass is 32.2. The van der Waals surface area contributed by atoms with Crippen LogP contribution in [0.2, 0.25) is 0 Å². The lowest BCUT2D eigenvalue weighted by atomic mass is 9.83. The molecule has 0 saturated carbocycles. The number of aromatic nitrogens is 2. The zero-order valence-electron chi connectivity index (χ0n) is 9.02. The highest BCUT2D eigenvalue weighted by Gasteiger charge is 2.11. The Balaban J connectivity index is 1.96. The van der Waals surface area contributed by atoms with E-state index in [-0.39, 0.29) is 0 Å². The molecule has 4 nitrogen and oxygen atoms in total. The van der Waals surface area contributed by atoms with Crippen LogP contribution >= 0.6 is 11.8 Å². The standard InChI is InChI=1S/C11H11BN2O2S/c15-12(16)10-6-13-11(14-7-10)17-8-9-4-2-1-3-5-9/h1-7,15-16H,8H2. The highest BCUT2D eigenvalue weighted by Crippen LogP contribution is 2.17. The molecule has 2 aromatic rings. The van der Waals surface area contributed by atoms with E-state index in [0.717, 1.165) is 5.75 Å². The lowest BCUT2D eigenvalue weighted by Crippen LogP contribution is -2.30. The predicted molar refractivity (Wildman–Crippen MR) is 67.9 cm³/mol. The molecule has 0 aliphatic rings. The van der Waals surface area contributed by atoms with Gasteiger partial charge < -0.3 is 10.0 Å². The van der Waals surface area contributed by atoms with Crippen LogP contribution in [0.25, 0.3) is 0 Å². The van der Waals surface area contributed by atoms with Crippen molar-refractivity contribution >= 4 is 24.3 Å². The van der Waals surface area contributed by atoms with Crippen LogP contribution in [0.4, 0.5) is 0 Å². The van der Waals surface area contributed by atoms with Gasteiger partial charge in [-0.1, -0.05) is 42.1 Å². The molecule has 1 aromatic heterocycles. The van der Waals surface area contributed by atoms with Crippen molar-refractivity contribution in [1.82, 2.24) is 9.97 Å². The molecule has 1 aromatic carbocycles. The van der Waals surface area contributed by atoms with E-state index in [9.17, 15) is 0 Å². The van der Waals surface area contributed by atoms with Gasteiger partial charge in [0.25, 0.3) is 0 Å². The third-order valence-corrected chi connectivity index (χ3v) is 3.10. The normalized spacial score (nSPS) is 10.2. The fourth-order valence-corrected chi connectivity index (χ4v) is 2.00. The summed E-state index contributed by atoms with van der Waals surface area (Å²) in [6.07, 6.45) is 2.84. The van der Waals surface area contributed by atoms with E-state index in [1.54, 1.807) is 0 Å². The molecule has 0 amide bonds. The Morgan fingerprint density at radius 1 is 1.06 bits per heavy atom. The third kappa shape index (κ3) is 3.56. The summed E-state index contributed by atoms with van der Waals surface area (Å²) in [5, 5.41) is 18.4. The summed E-state index contributed by atoms with van der Waals surface area (Å²) >= 11 is 1.51. The quantitative estimate of drug-likeness (QED) is 0.465. The van der Waals surface area contributed by atoms with Crippen molar-refractivity contribution in [1.29, 1.82) is 0 Å². The van der Waals surface area contributed by atoms with Crippen molar-refractivity contribution in [2.24, 2.45) is 0 Å². The Morgan fingerprint density at radius 3 is 2.29 bits per heavy atom. The van der Waals surface area contributed by atoms with E-state index in [1.165, 1.54) is 29.7 Å². The van der Waals surface area contributed by atoms with Gasteiger partial charge in [-0.3, -0.25) is 0 Å². The molecule has 0 fully saturated rings. The van der Waals surface area contributed by atoms with Crippen LogP contribution in [-0.4, -0.2) is 27.1 Å². The number of nitrogens with zero attached hydrogens (tertiary/aromatic N) is 2. The summed E-state index contributed by atoms with van der Waals surface area (Å²) in [7, 11) is -1.51. The van der Waals surface area contributed by atoms with Gasteiger partial charge in [-0.05, 0) is 5.56 Å². The second kappa shape index (κ2) is 5.81. The van der Waals surface area contributed by atoms with Crippen LogP contribution in [0.5, 0.6) is 0 Å². The second-order valence-corrected chi connectivity index (χ2v) is 4.39. The average Bonchev–Trinajstić information content (AvgIpc) is 2.38. The van der Waals surface area contributed by atoms with Crippen LogP contribution in [0, 0.1) is 0 Å². The molecule has 0 saturated heterocycles. The minimum absolute atomic E-state index is 0.300. The maximum absolute atomic E-state index is 8.89. The molecule has 86 valence electrons. The summed E-state index contributed by atoms with van der Waals surface area (Å²) in [6, 6.07) is 10.0. The number of thioether (sulfide) groups is 1. The zero-order chi connectivity index (χ0) is 12.1. The largest absolute Gasteiger partial charge is 0.491 e. The Labute approximate surface area is 104 Å². The smallest absolute Gasteiger partial charge is 0.423 e. The first-order valence-electron chi connectivity index (χ1n) is 5.10. The first-order valence-corrected chi connectivity index (χ1v) is 6.09. The molecule has 0 spiro atoms.